The van der Waals surface area contributed by atoms with Crippen molar-refractivity contribution in [1.29, 1.82) is 0 Å². The quantitative estimate of drug-likeness (QED) is 0.0528. The fourth-order valence-corrected chi connectivity index (χ4v) is 3.09. The van der Waals surface area contributed by atoms with Gasteiger partial charge in [0.25, 0.3) is 0 Å². The van der Waals surface area contributed by atoms with E-state index in [4.69, 9.17) is 61.6 Å². The number of halogens is 1. The summed E-state index contributed by atoms with van der Waals surface area (Å²) in [7, 11) is 0. The molecule has 0 heterocycles. The lowest BCUT2D eigenvalue weighted by molar-refractivity contribution is -0.0288. The monoisotopic (exact) mass is 692 g/mol. The zero-order valence-electron chi connectivity index (χ0n) is 26.1. The van der Waals surface area contributed by atoms with E-state index in [-0.39, 0.29) is 0 Å². The highest BCUT2D eigenvalue weighted by Crippen LogP contribution is 1.88. The van der Waals surface area contributed by atoms with E-state index in [1.807, 2.05) is 0 Å². The van der Waals surface area contributed by atoms with E-state index in [2.05, 4.69) is 22.5 Å². The van der Waals surface area contributed by atoms with Crippen LogP contribution in [0.4, 0.5) is 0 Å². The zero-order valence-corrected chi connectivity index (χ0v) is 27.6. The molecular weight excluding hydrogens is 636 g/mol. The second-order valence-electron chi connectivity index (χ2n) is 8.40. The highest BCUT2D eigenvalue weighted by molar-refractivity contribution is 9.09. The van der Waals surface area contributed by atoms with Crippen molar-refractivity contribution < 1.29 is 61.6 Å². The maximum Gasteiger partial charge on any atom is 0.0704 e. The molecule has 13 nitrogen and oxygen atoms in total. The van der Waals surface area contributed by atoms with Crippen LogP contribution >= 0.6 is 15.9 Å². The molecule has 0 saturated heterocycles. The van der Waals surface area contributed by atoms with Gasteiger partial charge in [-0.05, 0) is 0 Å². The Morgan fingerprint density at radius 3 is 0.605 bits per heavy atom. The molecule has 0 rings (SSSR count). The van der Waals surface area contributed by atoms with Crippen molar-refractivity contribution in [2.24, 2.45) is 0 Å². The summed E-state index contributed by atoms with van der Waals surface area (Å²) in [4.78, 5) is 0. The Kier molecular flexibility index (Phi) is 41.4. The summed E-state index contributed by atoms with van der Waals surface area (Å²) in [5.74, 6) is 0. The Hall–Kier alpha value is -0.300. The highest BCUT2D eigenvalue weighted by Gasteiger charge is 1.96. The zero-order chi connectivity index (χ0) is 31.0. The second-order valence-corrected chi connectivity index (χ2v) is 9.19. The van der Waals surface area contributed by atoms with Crippen LogP contribution in [0.2, 0.25) is 0 Å². The van der Waals surface area contributed by atoms with E-state index < -0.39 is 0 Å². The van der Waals surface area contributed by atoms with Gasteiger partial charge >= 0.3 is 0 Å². The Bertz CT molecular complexity index is 509. The first kappa shape index (κ1) is 42.7. The SMILES string of the molecule is C=CCOCCOCCOCCOCCOCCOCCOCCOCCOCCOCCOCCOCCOCCBr. The minimum atomic E-state index is 0.512. The van der Waals surface area contributed by atoms with Crippen LogP contribution in [0, 0.1) is 0 Å². The maximum absolute atomic E-state index is 5.47. The number of hydrogen-bond acceptors (Lipinski definition) is 13. The van der Waals surface area contributed by atoms with Crippen molar-refractivity contribution in [3.8, 4) is 0 Å². The highest BCUT2D eigenvalue weighted by atomic mass is 79.9. The predicted octanol–water partition coefficient (Wildman–Crippen LogP) is 1.78. The summed E-state index contributed by atoms with van der Waals surface area (Å²) >= 11 is 3.30. The third-order valence-corrected chi connectivity index (χ3v) is 5.25. The van der Waals surface area contributed by atoms with Gasteiger partial charge in [0, 0.05) is 5.33 Å². The molecule has 43 heavy (non-hydrogen) atoms. The first-order chi connectivity index (χ1) is 21.4. The Morgan fingerprint density at radius 2 is 0.442 bits per heavy atom. The summed E-state index contributed by atoms with van der Waals surface area (Å²) < 4.78 is 70.3. The van der Waals surface area contributed by atoms with Crippen molar-refractivity contribution in [2.75, 3.05) is 177 Å². The molecule has 0 aromatic heterocycles. The fourth-order valence-electron chi connectivity index (χ4n) is 2.86. The van der Waals surface area contributed by atoms with Crippen molar-refractivity contribution in [1.82, 2.24) is 0 Å². The standard InChI is InChI=1S/C29H57BrO13/c1-2-4-31-6-8-33-10-12-35-14-16-37-18-20-39-22-24-41-26-28-43-29-27-42-25-23-40-21-19-38-17-15-36-13-11-34-9-7-32-5-3-30/h2H,1,3-29H2. The molecule has 0 aliphatic heterocycles. The van der Waals surface area contributed by atoms with Crippen LogP contribution in [0.15, 0.2) is 12.7 Å². The first-order valence-electron chi connectivity index (χ1n) is 15.1. The van der Waals surface area contributed by atoms with E-state index in [9.17, 15) is 0 Å². The Balaban J connectivity index is 3.03. The molecule has 0 spiro atoms. The van der Waals surface area contributed by atoms with Gasteiger partial charge in [-0.15, -0.1) is 6.58 Å². The van der Waals surface area contributed by atoms with Gasteiger partial charge in [-0.25, -0.2) is 0 Å². The smallest absolute Gasteiger partial charge is 0.0704 e. The number of ether oxygens (including phenoxy) is 13. The lowest BCUT2D eigenvalue weighted by atomic mass is 10.6. The molecule has 258 valence electrons. The number of rotatable bonds is 40. The van der Waals surface area contributed by atoms with Gasteiger partial charge in [0.1, 0.15) is 0 Å². The molecule has 14 heteroatoms. The normalized spacial score (nSPS) is 11.5. The van der Waals surface area contributed by atoms with E-state index >= 15 is 0 Å². The summed E-state index contributed by atoms with van der Waals surface area (Å²) in [5, 5.41) is 0.837. The second kappa shape index (κ2) is 41.7. The molecule has 0 aromatic rings. The Labute approximate surface area is 267 Å². The molecule has 0 amide bonds. The van der Waals surface area contributed by atoms with Crippen LogP contribution in [-0.2, 0) is 61.6 Å². The first-order valence-corrected chi connectivity index (χ1v) is 16.2. The van der Waals surface area contributed by atoms with Gasteiger partial charge in [0.05, 0.1) is 172 Å². The topological polar surface area (TPSA) is 120 Å². The number of alkyl halides is 1. The van der Waals surface area contributed by atoms with Crippen molar-refractivity contribution >= 4 is 15.9 Å². The fraction of sp³-hybridized carbons (Fsp3) is 0.931. The molecule has 0 radical (unpaired) electrons. The van der Waals surface area contributed by atoms with Crippen molar-refractivity contribution in [3.05, 3.63) is 12.7 Å². The van der Waals surface area contributed by atoms with Crippen LogP contribution in [0.25, 0.3) is 0 Å². The lowest BCUT2D eigenvalue weighted by Gasteiger charge is -2.09. The summed E-state index contributed by atoms with van der Waals surface area (Å²) in [6.07, 6.45) is 1.71. The lowest BCUT2D eigenvalue weighted by Crippen LogP contribution is -2.15. The van der Waals surface area contributed by atoms with Gasteiger partial charge in [-0.1, -0.05) is 22.0 Å². The summed E-state index contributed by atoms with van der Waals surface area (Å²) in [5.41, 5.74) is 0. The largest absolute Gasteiger partial charge is 0.378 e. The molecule has 0 fully saturated rings. The van der Waals surface area contributed by atoms with Gasteiger partial charge in [-0.3, -0.25) is 0 Å². The van der Waals surface area contributed by atoms with E-state index in [1.54, 1.807) is 6.08 Å². The minimum Gasteiger partial charge on any atom is -0.378 e. The third kappa shape index (κ3) is 41.7. The van der Waals surface area contributed by atoms with Crippen molar-refractivity contribution in [2.45, 2.75) is 0 Å². The van der Waals surface area contributed by atoms with Crippen molar-refractivity contribution in [3.63, 3.8) is 0 Å². The van der Waals surface area contributed by atoms with E-state index in [1.165, 1.54) is 0 Å². The van der Waals surface area contributed by atoms with Gasteiger partial charge in [0.15, 0.2) is 0 Å². The average Bonchev–Trinajstić information content (AvgIpc) is 3.02. The molecule has 0 aliphatic rings. The van der Waals surface area contributed by atoms with Crippen LogP contribution in [-0.4, -0.2) is 177 Å². The van der Waals surface area contributed by atoms with Gasteiger partial charge < -0.3 is 61.6 Å². The molecule has 0 aliphatic carbocycles. The average molecular weight is 694 g/mol. The van der Waals surface area contributed by atoms with Gasteiger partial charge in [-0.2, -0.15) is 0 Å². The van der Waals surface area contributed by atoms with Crippen LogP contribution in [0.1, 0.15) is 0 Å². The number of hydrogen-bond donors (Lipinski definition) is 0. The predicted molar refractivity (Wildman–Crippen MR) is 165 cm³/mol. The molecule has 0 aromatic carbocycles. The molecule has 0 bridgehead atoms. The molecule has 0 unspecified atom stereocenters. The maximum atomic E-state index is 5.47. The Morgan fingerprint density at radius 1 is 0.279 bits per heavy atom. The summed E-state index contributed by atoms with van der Waals surface area (Å²) in [6, 6.07) is 0. The third-order valence-electron chi connectivity index (χ3n) is 4.92. The summed E-state index contributed by atoms with van der Waals surface area (Å²) in [6.45, 7) is 17.6. The van der Waals surface area contributed by atoms with Crippen LogP contribution in [0.5, 0.6) is 0 Å². The van der Waals surface area contributed by atoms with Crippen LogP contribution in [0.3, 0.4) is 0 Å². The molecule has 0 atom stereocenters. The van der Waals surface area contributed by atoms with Crippen LogP contribution < -0.4 is 0 Å². The van der Waals surface area contributed by atoms with Gasteiger partial charge in [0.2, 0.25) is 0 Å². The van der Waals surface area contributed by atoms with E-state index in [0.717, 1.165) is 5.33 Å². The molecular formula is C29H57BrO13. The molecule has 0 N–H and O–H groups in total. The van der Waals surface area contributed by atoms with E-state index in [0.29, 0.717) is 172 Å². The molecule has 0 saturated carbocycles. The minimum absolute atomic E-state index is 0.512.